The van der Waals surface area contributed by atoms with E-state index in [4.69, 9.17) is 4.52 Å². The lowest BCUT2D eigenvalue weighted by molar-refractivity contribution is -0.118. The van der Waals surface area contributed by atoms with Gasteiger partial charge in [0.25, 0.3) is 0 Å². The molecule has 2 aromatic rings. The molecule has 1 aromatic carbocycles. The van der Waals surface area contributed by atoms with E-state index in [9.17, 15) is 4.79 Å². The van der Waals surface area contributed by atoms with Crippen LogP contribution in [0, 0.1) is 24.7 Å². The van der Waals surface area contributed by atoms with E-state index in [2.05, 4.69) is 15.5 Å². The van der Waals surface area contributed by atoms with Crippen LogP contribution < -0.4 is 5.32 Å². The fourth-order valence-electron chi connectivity index (χ4n) is 3.73. The number of carbonyl (C=O) groups is 1. The first-order valence-electron chi connectivity index (χ1n) is 7.90. The number of fused-ring (bicyclic) bond motifs is 1. The van der Waals surface area contributed by atoms with Crippen molar-refractivity contribution < 1.29 is 9.32 Å². The first-order valence-corrected chi connectivity index (χ1v) is 7.90. The average molecular weight is 297 g/mol. The molecule has 22 heavy (non-hydrogen) atoms. The van der Waals surface area contributed by atoms with Crippen LogP contribution in [-0.2, 0) is 11.2 Å². The van der Waals surface area contributed by atoms with Crippen molar-refractivity contribution in [3.63, 3.8) is 0 Å². The van der Waals surface area contributed by atoms with Gasteiger partial charge in [0.15, 0.2) is 5.82 Å². The van der Waals surface area contributed by atoms with E-state index in [-0.39, 0.29) is 11.8 Å². The van der Waals surface area contributed by atoms with Crippen LogP contribution in [0.25, 0.3) is 0 Å². The largest absolute Gasteiger partial charge is 0.339 e. The van der Waals surface area contributed by atoms with Gasteiger partial charge in [-0.2, -0.15) is 4.98 Å². The first-order chi connectivity index (χ1) is 10.7. The Balaban J connectivity index is 1.36. The third kappa shape index (κ3) is 2.51. The number of anilines is 1. The molecule has 0 aliphatic heterocycles. The first kappa shape index (κ1) is 13.5. The highest BCUT2D eigenvalue weighted by molar-refractivity contribution is 5.95. The number of rotatable bonds is 4. The number of hydrogen-bond donors (Lipinski definition) is 1. The van der Waals surface area contributed by atoms with E-state index >= 15 is 0 Å². The quantitative estimate of drug-likeness (QED) is 0.942. The zero-order valence-corrected chi connectivity index (χ0v) is 12.6. The maximum Gasteiger partial charge on any atom is 0.231 e. The minimum atomic E-state index is 0.190. The van der Waals surface area contributed by atoms with E-state index in [1.165, 1.54) is 19.3 Å². The summed E-state index contributed by atoms with van der Waals surface area (Å²) in [7, 11) is 0. The Morgan fingerprint density at radius 3 is 2.64 bits per heavy atom. The topological polar surface area (TPSA) is 68.0 Å². The number of hydrogen-bond acceptors (Lipinski definition) is 4. The molecule has 0 bridgehead atoms. The van der Waals surface area contributed by atoms with Crippen LogP contribution in [0.5, 0.6) is 0 Å². The van der Waals surface area contributed by atoms with Crippen molar-refractivity contribution in [2.45, 2.75) is 32.6 Å². The van der Waals surface area contributed by atoms with Crippen LogP contribution in [-0.4, -0.2) is 16.0 Å². The highest BCUT2D eigenvalue weighted by atomic mass is 16.5. The van der Waals surface area contributed by atoms with Crippen LogP contribution >= 0.6 is 0 Å². The lowest BCUT2D eigenvalue weighted by Crippen LogP contribution is -2.16. The molecule has 2 unspecified atom stereocenters. The molecule has 2 saturated carbocycles. The summed E-state index contributed by atoms with van der Waals surface area (Å²) in [6, 6.07) is 7.86. The molecule has 0 spiro atoms. The third-order valence-electron chi connectivity index (χ3n) is 4.86. The molecular weight excluding hydrogens is 278 g/mol. The summed E-state index contributed by atoms with van der Waals surface area (Å²) >= 11 is 0. The highest BCUT2D eigenvalue weighted by Crippen LogP contribution is 2.57. The molecule has 2 fully saturated rings. The number of aromatic nitrogens is 2. The minimum Gasteiger partial charge on any atom is -0.339 e. The fraction of sp³-hybridized carbons (Fsp3) is 0.471. The van der Waals surface area contributed by atoms with E-state index in [1.807, 2.05) is 24.3 Å². The van der Waals surface area contributed by atoms with Gasteiger partial charge >= 0.3 is 0 Å². The molecule has 1 N–H and O–H groups in total. The van der Waals surface area contributed by atoms with Gasteiger partial charge in [-0.05, 0) is 49.3 Å². The van der Waals surface area contributed by atoms with Crippen molar-refractivity contribution in [3.8, 4) is 0 Å². The standard InChI is InChI=1S/C17H19N3O2/c1-10-18-15(22-20-10)9-11-5-7-12(8-6-11)19-17(21)16-13-3-2-4-14(13)16/h5-8,13-14,16H,2-4,9H2,1H3,(H,19,21). The van der Waals surface area contributed by atoms with Crippen molar-refractivity contribution in [2.75, 3.05) is 5.32 Å². The highest BCUT2D eigenvalue weighted by Gasteiger charge is 2.56. The molecule has 2 aliphatic rings. The molecule has 0 radical (unpaired) electrons. The van der Waals surface area contributed by atoms with Gasteiger partial charge < -0.3 is 9.84 Å². The second kappa shape index (κ2) is 5.23. The third-order valence-corrected chi connectivity index (χ3v) is 4.86. The predicted octanol–water partition coefficient (Wildman–Crippen LogP) is 2.95. The van der Waals surface area contributed by atoms with Crippen molar-refractivity contribution in [1.29, 1.82) is 0 Å². The van der Waals surface area contributed by atoms with Gasteiger partial charge in [0.2, 0.25) is 11.8 Å². The zero-order chi connectivity index (χ0) is 15.1. The maximum atomic E-state index is 12.2. The Morgan fingerprint density at radius 2 is 2.00 bits per heavy atom. The Bertz CT molecular complexity index is 682. The molecule has 2 aliphatic carbocycles. The van der Waals surface area contributed by atoms with Gasteiger partial charge in [-0.1, -0.05) is 23.7 Å². The van der Waals surface area contributed by atoms with Crippen LogP contribution in [0.15, 0.2) is 28.8 Å². The van der Waals surface area contributed by atoms with Gasteiger partial charge in [-0.3, -0.25) is 4.79 Å². The van der Waals surface area contributed by atoms with Crippen LogP contribution in [0.3, 0.4) is 0 Å². The summed E-state index contributed by atoms with van der Waals surface area (Å²) < 4.78 is 5.11. The number of nitrogens with zero attached hydrogens (tertiary/aromatic N) is 2. The summed E-state index contributed by atoms with van der Waals surface area (Å²) in [6.45, 7) is 1.80. The Morgan fingerprint density at radius 1 is 1.27 bits per heavy atom. The Labute approximate surface area is 129 Å². The predicted molar refractivity (Wildman–Crippen MR) is 81.2 cm³/mol. The normalized spacial score (nSPS) is 25.8. The van der Waals surface area contributed by atoms with E-state index in [0.717, 1.165) is 11.3 Å². The lowest BCUT2D eigenvalue weighted by Gasteiger charge is -2.07. The summed E-state index contributed by atoms with van der Waals surface area (Å²) in [6.07, 6.45) is 4.36. The second-order valence-corrected chi connectivity index (χ2v) is 6.38. The molecular formula is C17H19N3O2. The number of benzene rings is 1. The SMILES string of the molecule is Cc1noc(Cc2ccc(NC(=O)C3C4CCCC43)cc2)n1. The smallest absolute Gasteiger partial charge is 0.231 e. The summed E-state index contributed by atoms with van der Waals surface area (Å²) in [5.74, 6) is 3.01. The molecule has 5 nitrogen and oxygen atoms in total. The molecule has 4 rings (SSSR count). The monoisotopic (exact) mass is 297 g/mol. The number of amides is 1. The van der Waals surface area contributed by atoms with E-state index in [0.29, 0.717) is 30.0 Å². The summed E-state index contributed by atoms with van der Waals surface area (Å²) in [5, 5.41) is 6.82. The Kier molecular flexibility index (Phi) is 3.21. The molecule has 0 saturated heterocycles. The molecule has 114 valence electrons. The van der Waals surface area contributed by atoms with Crippen LogP contribution in [0.4, 0.5) is 5.69 Å². The average Bonchev–Trinajstić information content (AvgIpc) is 2.84. The molecule has 1 amide bonds. The van der Waals surface area contributed by atoms with Crippen molar-refractivity contribution >= 4 is 11.6 Å². The Hall–Kier alpha value is -2.17. The van der Waals surface area contributed by atoms with Crippen LogP contribution in [0.1, 0.15) is 36.5 Å². The summed E-state index contributed by atoms with van der Waals surface area (Å²) in [5.41, 5.74) is 1.95. The van der Waals surface area contributed by atoms with Crippen molar-refractivity contribution in [1.82, 2.24) is 10.1 Å². The van der Waals surface area contributed by atoms with Gasteiger partial charge in [0.05, 0.1) is 6.42 Å². The van der Waals surface area contributed by atoms with Gasteiger partial charge in [0, 0.05) is 11.6 Å². The second-order valence-electron chi connectivity index (χ2n) is 6.38. The van der Waals surface area contributed by atoms with Gasteiger partial charge in [-0.15, -0.1) is 0 Å². The maximum absolute atomic E-state index is 12.2. The van der Waals surface area contributed by atoms with Crippen molar-refractivity contribution in [3.05, 3.63) is 41.5 Å². The van der Waals surface area contributed by atoms with Crippen LogP contribution in [0.2, 0.25) is 0 Å². The molecule has 2 atom stereocenters. The molecule has 1 heterocycles. The van der Waals surface area contributed by atoms with Gasteiger partial charge in [0.1, 0.15) is 0 Å². The fourth-order valence-corrected chi connectivity index (χ4v) is 3.73. The van der Waals surface area contributed by atoms with Crippen molar-refractivity contribution in [2.24, 2.45) is 17.8 Å². The zero-order valence-electron chi connectivity index (χ0n) is 12.6. The number of aryl methyl sites for hydroxylation is 1. The van der Waals surface area contributed by atoms with E-state index < -0.39 is 0 Å². The lowest BCUT2D eigenvalue weighted by atomic mass is 10.1. The number of nitrogens with one attached hydrogen (secondary N) is 1. The molecule has 1 aromatic heterocycles. The number of carbonyl (C=O) groups excluding carboxylic acids is 1. The summed E-state index contributed by atoms with van der Waals surface area (Å²) in [4.78, 5) is 16.4. The van der Waals surface area contributed by atoms with E-state index in [1.54, 1.807) is 6.92 Å². The molecule has 5 heteroatoms. The minimum absolute atomic E-state index is 0.190. The van der Waals surface area contributed by atoms with Gasteiger partial charge in [-0.25, -0.2) is 0 Å².